The van der Waals surface area contributed by atoms with Crippen LogP contribution in [0, 0.1) is 22.7 Å². The molecule has 0 heterocycles. The van der Waals surface area contributed by atoms with Crippen LogP contribution < -0.4 is 0 Å². The van der Waals surface area contributed by atoms with Gasteiger partial charge in [0.05, 0.1) is 12.7 Å². The van der Waals surface area contributed by atoms with Crippen molar-refractivity contribution in [2.24, 2.45) is 22.7 Å². The van der Waals surface area contributed by atoms with Crippen LogP contribution in [0.2, 0.25) is 0 Å². The van der Waals surface area contributed by atoms with E-state index < -0.39 is 11.5 Å². The van der Waals surface area contributed by atoms with Crippen molar-refractivity contribution in [1.29, 1.82) is 0 Å². The lowest BCUT2D eigenvalue weighted by atomic mass is 9.54. The van der Waals surface area contributed by atoms with Gasteiger partial charge < -0.3 is 10.2 Å². The van der Waals surface area contributed by atoms with Crippen molar-refractivity contribution in [2.75, 3.05) is 6.61 Å². The number of rotatable bonds is 2. The van der Waals surface area contributed by atoms with Crippen molar-refractivity contribution >= 4 is 11.6 Å². The number of aliphatic hydroxyl groups excluding tert-OH is 2. The Morgan fingerprint density at radius 3 is 2.50 bits per heavy atom. The number of hydrogen-bond donors (Lipinski definition) is 2. The summed E-state index contributed by atoms with van der Waals surface area (Å²) in [6.45, 7) is 7.87. The van der Waals surface area contributed by atoms with Crippen molar-refractivity contribution in [3.63, 3.8) is 0 Å². The monoisotopic (exact) mass is 332 g/mol. The molecule has 0 aromatic carbocycles. The number of carbonyl (C=O) groups is 2. The van der Waals surface area contributed by atoms with Crippen molar-refractivity contribution in [2.45, 2.75) is 59.5 Å². The normalized spacial score (nSPS) is 39.7. The average molecular weight is 332 g/mol. The Kier molecular flexibility index (Phi) is 4.12. The number of ketones is 2. The third-order valence-electron chi connectivity index (χ3n) is 6.63. The molecule has 4 atom stereocenters. The van der Waals surface area contributed by atoms with Crippen LogP contribution in [0.3, 0.4) is 0 Å². The lowest BCUT2D eigenvalue weighted by Crippen LogP contribution is -2.44. The molecule has 3 aliphatic carbocycles. The third-order valence-corrected chi connectivity index (χ3v) is 6.63. The largest absolute Gasteiger partial charge is 0.392 e. The predicted octanol–water partition coefficient (Wildman–Crippen LogP) is 2.59. The molecule has 1 fully saturated rings. The first-order chi connectivity index (χ1) is 11.1. The Hall–Kier alpha value is -1.26. The third kappa shape index (κ3) is 2.34. The van der Waals surface area contributed by atoms with Gasteiger partial charge in [0.2, 0.25) is 0 Å². The molecule has 0 aromatic rings. The van der Waals surface area contributed by atoms with E-state index in [2.05, 4.69) is 6.92 Å². The molecule has 0 aromatic heterocycles. The minimum atomic E-state index is -0.829. The van der Waals surface area contributed by atoms with Crippen LogP contribution in [0.15, 0.2) is 22.8 Å². The van der Waals surface area contributed by atoms with Gasteiger partial charge in [-0.15, -0.1) is 0 Å². The van der Waals surface area contributed by atoms with Crippen molar-refractivity contribution < 1.29 is 19.8 Å². The van der Waals surface area contributed by atoms with E-state index in [0.717, 1.165) is 24.0 Å². The van der Waals surface area contributed by atoms with Gasteiger partial charge in [-0.3, -0.25) is 9.59 Å². The lowest BCUT2D eigenvalue weighted by Gasteiger charge is -2.48. The second-order valence-electron chi connectivity index (χ2n) is 8.61. The highest BCUT2D eigenvalue weighted by Crippen LogP contribution is 2.61. The molecule has 132 valence electrons. The van der Waals surface area contributed by atoms with Crippen LogP contribution in [0.1, 0.15) is 53.4 Å². The Morgan fingerprint density at radius 1 is 1.25 bits per heavy atom. The Labute approximate surface area is 143 Å². The number of aliphatic hydroxyl groups is 2. The lowest BCUT2D eigenvalue weighted by molar-refractivity contribution is -0.127. The molecule has 0 aliphatic heterocycles. The van der Waals surface area contributed by atoms with Crippen LogP contribution in [0.25, 0.3) is 0 Å². The summed E-state index contributed by atoms with van der Waals surface area (Å²) in [7, 11) is 0. The van der Waals surface area contributed by atoms with Crippen LogP contribution in [0.4, 0.5) is 0 Å². The van der Waals surface area contributed by atoms with Gasteiger partial charge >= 0.3 is 0 Å². The molecule has 0 amide bonds. The average Bonchev–Trinajstić information content (AvgIpc) is 2.73. The molecule has 0 unspecified atom stereocenters. The molecular weight excluding hydrogens is 304 g/mol. The summed E-state index contributed by atoms with van der Waals surface area (Å²) in [5, 5.41) is 20.0. The molecule has 0 saturated heterocycles. The van der Waals surface area contributed by atoms with Gasteiger partial charge in [0, 0.05) is 11.8 Å². The summed E-state index contributed by atoms with van der Waals surface area (Å²) in [4.78, 5) is 25.6. The quantitative estimate of drug-likeness (QED) is 0.815. The molecule has 0 radical (unpaired) electrons. The summed E-state index contributed by atoms with van der Waals surface area (Å²) in [6, 6.07) is 0. The Bertz CT molecular complexity index is 657. The highest BCUT2D eigenvalue weighted by Gasteiger charge is 2.57. The second kappa shape index (κ2) is 5.63. The fourth-order valence-electron chi connectivity index (χ4n) is 5.14. The smallest absolute Gasteiger partial charge is 0.162 e. The fraction of sp³-hybridized carbons (Fsp3) is 0.700. The molecule has 0 bridgehead atoms. The van der Waals surface area contributed by atoms with Crippen LogP contribution in [-0.4, -0.2) is 34.5 Å². The molecule has 0 spiro atoms. The first-order valence-electron chi connectivity index (χ1n) is 8.95. The molecule has 2 N–H and O–H groups in total. The van der Waals surface area contributed by atoms with E-state index in [1.165, 1.54) is 6.08 Å². The fourth-order valence-corrected chi connectivity index (χ4v) is 5.14. The summed E-state index contributed by atoms with van der Waals surface area (Å²) in [5.74, 6) is 0.165. The van der Waals surface area contributed by atoms with Gasteiger partial charge in [-0.2, -0.15) is 0 Å². The van der Waals surface area contributed by atoms with Crippen molar-refractivity contribution in [3.8, 4) is 0 Å². The summed E-state index contributed by atoms with van der Waals surface area (Å²) < 4.78 is 0. The highest BCUT2D eigenvalue weighted by molar-refractivity contribution is 6.02. The topological polar surface area (TPSA) is 74.6 Å². The van der Waals surface area contributed by atoms with E-state index >= 15 is 0 Å². The summed E-state index contributed by atoms with van der Waals surface area (Å²) in [5.41, 5.74) is 1.59. The maximum absolute atomic E-state index is 12.9. The zero-order chi connectivity index (χ0) is 17.9. The number of carbonyl (C=O) groups excluding carboxylic acids is 2. The first-order valence-corrected chi connectivity index (χ1v) is 8.95. The molecule has 1 saturated carbocycles. The van der Waals surface area contributed by atoms with E-state index in [1.807, 2.05) is 20.8 Å². The summed E-state index contributed by atoms with van der Waals surface area (Å²) >= 11 is 0. The summed E-state index contributed by atoms with van der Waals surface area (Å²) in [6.07, 6.45) is 3.08. The van der Waals surface area contributed by atoms with E-state index in [9.17, 15) is 19.8 Å². The molecule has 3 aliphatic rings. The molecule has 4 heteroatoms. The maximum atomic E-state index is 12.9. The number of allylic oxidation sites excluding steroid dienone is 3. The molecule has 3 rings (SSSR count). The van der Waals surface area contributed by atoms with Gasteiger partial charge in [0.1, 0.15) is 0 Å². The van der Waals surface area contributed by atoms with E-state index in [-0.39, 0.29) is 35.4 Å². The first kappa shape index (κ1) is 17.6. The predicted molar refractivity (Wildman–Crippen MR) is 91.2 cm³/mol. The molecule has 24 heavy (non-hydrogen) atoms. The van der Waals surface area contributed by atoms with Crippen LogP contribution in [0.5, 0.6) is 0 Å². The van der Waals surface area contributed by atoms with Crippen molar-refractivity contribution in [1.82, 2.24) is 0 Å². The minimum Gasteiger partial charge on any atom is -0.392 e. The van der Waals surface area contributed by atoms with E-state index in [0.29, 0.717) is 18.4 Å². The van der Waals surface area contributed by atoms with Crippen LogP contribution >= 0.6 is 0 Å². The second-order valence-corrected chi connectivity index (χ2v) is 8.61. The van der Waals surface area contributed by atoms with Gasteiger partial charge in [0.15, 0.2) is 11.6 Å². The Morgan fingerprint density at radius 2 is 1.92 bits per heavy atom. The SMILES string of the molecule is CC(C)C1=C2[C@@H]3C[C@@H](O)C(CO)=CC(=O)[C@]3(C)CC[C@@]2(C)CC1=O. The van der Waals surface area contributed by atoms with Gasteiger partial charge in [-0.05, 0) is 53.7 Å². The van der Waals surface area contributed by atoms with Crippen molar-refractivity contribution in [3.05, 3.63) is 22.8 Å². The van der Waals surface area contributed by atoms with Gasteiger partial charge in [0.25, 0.3) is 0 Å². The maximum Gasteiger partial charge on any atom is 0.162 e. The zero-order valence-corrected chi connectivity index (χ0v) is 15.1. The number of Topliss-reactive ketones (excluding diaryl/α,β-unsaturated/α-hetero) is 1. The van der Waals surface area contributed by atoms with Crippen LogP contribution in [-0.2, 0) is 9.59 Å². The number of hydrogen-bond acceptors (Lipinski definition) is 4. The highest BCUT2D eigenvalue weighted by atomic mass is 16.3. The van der Waals surface area contributed by atoms with Gasteiger partial charge in [-0.25, -0.2) is 0 Å². The Balaban J connectivity index is 2.18. The van der Waals surface area contributed by atoms with E-state index in [1.54, 1.807) is 0 Å². The van der Waals surface area contributed by atoms with E-state index in [4.69, 9.17) is 0 Å². The molecular formula is C20H28O4. The number of fused-ring (bicyclic) bond motifs is 3. The van der Waals surface area contributed by atoms with Gasteiger partial charge in [-0.1, -0.05) is 33.3 Å². The minimum absolute atomic E-state index is 0.0231. The molecule has 4 nitrogen and oxygen atoms in total. The zero-order valence-electron chi connectivity index (χ0n) is 15.1. The standard InChI is InChI=1S/C20H28O4/c1-11(2)17-15(23)9-19(3)5-6-20(4)13(18(17)19)8-14(22)12(10-21)7-16(20)24/h7,11,13-14,21-22H,5-6,8-10H2,1-4H3/t13-,14+,19-,20+/m0/s1.